The minimum atomic E-state index is -0.790. The lowest BCUT2D eigenvalue weighted by atomic mass is 9.85. The lowest BCUT2D eigenvalue weighted by molar-refractivity contribution is -0.142. The fourth-order valence-corrected chi connectivity index (χ4v) is 2.04. The third-order valence-electron chi connectivity index (χ3n) is 3.28. The summed E-state index contributed by atoms with van der Waals surface area (Å²) >= 11 is 0. The van der Waals surface area contributed by atoms with E-state index in [4.69, 9.17) is 5.73 Å². The topological polar surface area (TPSA) is 63.3 Å². The van der Waals surface area contributed by atoms with E-state index in [1.165, 1.54) is 5.56 Å². The molecule has 0 aromatic heterocycles. The van der Waals surface area contributed by atoms with E-state index in [2.05, 4.69) is 0 Å². The number of nitrogens with two attached hydrogens (primary N) is 1. The Kier molecular flexibility index (Phi) is 5.16. The summed E-state index contributed by atoms with van der Waals surface area (Å²) in [4.78, 5) is 11.2. The Labute approximate surface area is 103 Å². The molecule has 3 unspecified atom stereocenters. The van der Waals surface area contributed by atoms with Crippen LogP contribution < -0.4 is 5.73 Å². The zero-order valence-electron chi connectivity index (χ0n) is 10.5. The molecule has 0 amide bonds. The molecule has 0 spiro atoms. The molecule has 3 nitrogen and oxygen atoms in total. The van der Waals surface area contributed by atoms with Crippen molar-refractivity contribution >= 4 is 5.97 Å². The largest absolute Gasteiger partial charge is 0.481 e. The van der Waals surface area contributed by atoms with Gasteiger partial charge in [0.2, 0.25) is 0 Å². The summed E-state index contributed by atoms with van der Waals surface area (Å²) in [5.41, 5.74) is 7.03. The lowest BCUT2D eigenvalue weighted by Crippen LogP contribution is -2.35. The molecule has 1 aromatic carbocycles. The first kappa shape index (κ1) is 13.7. The summed E-state index contributed by atoms with van der Waals surface area (Å²) in [5, 5.41) is 9.19. The van der Waals surface area contributed by atoms with E-state index in [0.717, 1.165) is 0 Å². The third-order valence-corrected chi connectivity index (χ3v) is 3.28. The number of hydrogen-bond acceptors (Lipinski definition) is 2. The molecule has 94 valence electrons. The van der Waals surface area contributed by atoms with Gasteiger partial charge in [-0.15, -0.1) is 0 Å². The van der Waals surface area contributed by atoms with E-state index in [9.17, 15) is 9.90 Å². The Balaban J connectivity index is 2.71. The molecule has 0 fully saturated rings. The van der Waals surface area contributed by atoms with E-state index >= 15 is 0 Å². The van der Waals surface area contributed by atoms with Crippen LogP contribution in [0.15, 0.2) is 30.3 Å². The van der Waals surface area contributed by atoms with Crippen LogP contribution in [0.4, 0.5) is 0 Å². The van der Waals surface area contributed by atoms with Crippen molar-refractivity contribution in [2.75, 3.05) is 0 Å². The highest BCUT2D eigenvalue weighted by atomic mass is 16.4. The Morgan fingerprint density at radius 1 is 1.35 bits per heavy atom. The molecule has 0 saturated heterocycles. The number of carboxylic acid groups (broad SMARTS) is 1. The molecule has 0 aliphatic rings. The van der Waals surface area contributed by atoms with Gasteiger partial charge in [-0.25, -0.2) is 0 Å². The average molecular weight is 235 g/mol. The fourth-order valence-electron chi connectivity index (χ4n) is 2.04. The molecule has 0 aliphatic heterocycles. The zero-order valence-corrected chi connectivity index (χ0v) is 10.5. The quantitative estimate of drug-likeness (QED) is 0.796. The highest BCUT2D eigenvalue weighted by Crippen LogP contribution is 2.25. The van der Waals surface area contributed by atoms with Crippen molar-refractivity contribution < 1.29 is 9.90 Å². The number of rotatable bonds is 6. The van der Waals surface area contributed by atoms with Gasteiger partial charge in [0.1, 0.15) is 0 Å². The molecular formula is C14H21NO2. The predicted molar refractivity (Wildman–Crippen MR) is 68.9 cm³/mol. The summed E-state index contributed by atoms with van der Waals surface area (Å²) in [6.45, 7) is 3.97. The second kappa shape index (κ2) is 6.40. The van der Waals surface area contributed by atoms with Crippen molar-refractivity contribution in [1.82, 2.24) is 0 Å². The Morgan fingerprint density at radius 2 is 1.94 bits per heavy atom. The van der Waals surface area contributed by atoms with Crippen LogP contribution >= 0.6 is 0 Å². The number of carboxylic acids is 1. The molecule has 0 heterocycles. The van der Waals surface area contributed by atoms with Crippen molar-refractivity contribution in [2.24, 2.45) is 11.7 Å². The molecular weight excluding hydrogens is 214 g/mol. The van der Waals surface area contributed by atoms with Gasteiger partial charge in [0.15, 0.2) is 0 Å². The highest BCUT2D eigenvalue weighted by molar-refractivity contribution is 5.71. The van der Waals surface area contributed by atoms with Gasteiger partial charge in [-0.3, -0.25) is 4.79 Å². The molecule has 17 heavy (non-hydrogen) atoms. The Hall–Kier alpha value is -1.35. The first-order valence-electron chi connectivity index (χ1n) is 6.09. The smallest absolute Gasteiger partial charge is 0.308 e. The van der Waals surface area contributed by atoms with E-state index in [0.29, 0.717) is 12.8 Å². The van der Waals surface area contributed by atoms with Gasteiger partial charge >= 0.3 is 5.97 Å². The van der Waals surface area contributed by atoms with Gasteiger partial charge in [-0.05, 0) is 24.3 Å². The summed E-state index contributed by atoms with van der Waals surface area (Å²) in [7, 11) is 0. The molecule has 3 atom stereocenters. The maximum atomic E-state index is 11.2. The second-order valence-corrected chi connectivity index (χ2v) is 4.56. The standard InChI is InChI=1S/C14H21NO2/c1-3-13(15)12(14(16)17)9-10(2)11-7-5-4-6-8-11/h4-8,10,12-13H,3,9,15H2,1-2H3,(H,16,17). The summed E-state index contributed by atoms with van der Waals surface area (Å²) in [5.74, 6) is -1.03. The summed E-state index contributed by atoms with van der Waals surface area (Å²) in [6, 6.07) is 9.70. The molecule has 0 radical (unpaired) electrons. The van der Waals surface area contributed by atoms with E-state index in [-0.39, 0.29) is 12.0 Å². The van der Waals surface area contributed by atoms with Crippen LogP contribution in [0, 0.1) is 5.92 Å². The summed E-state index contributed by atoms with van der Waals surface area (Å²) < 4.78 is 0. The minimum Gasteiger partial charge on any atom is -0.481 e. The van der Waals surface area contributed by atoms with Crippen LogP contribution in [0.5, 0.6) is 0 Å². The number of aliphatic carboxylic acids is 1. The predicted octanol–water partition coefficient (Wildman–Crippen LogP) is 2.62. The van der Waals surface area contributed by atoms with Crippen molar-refractivity contribution in [3.05, 3.63) is 35.9 Å². The van der Waals surface area contributed by atoms with Crippen molar-refractivity contribution in [1.29, 1.82) is 0 Å². The third kappa shape index (κ3) is 3.86. The van der Waals surface area contributed by atoms with Crippen LogP contribution in [-0.2, 0) is 4.79 Å². The molecule has 1 aromatic rings. The zero-order chi connectivity index (χ0) is 12.8. The van der Waals surface area contributed by atoms with Gasteiger partial charge in [0.25, 0.3) is 0 Å². The highest BCUT2D eigenvalue weighted by Gasteiger charge is 2.26. The van der Waals surface area contributed by atoms with Crippen molar-refractivity contribution in [2.45, 2.75) is 38.6 Å². The maximum absolute atomic E-state index is 11.2. The van der Waals surface area contributed by atoms with Gasteiger partial charge < -0.3 is 10.8 Å². The van der Waals surface area contributed by atoms with Crippen LogP contribution in [0.1, 0.15) is 38.2 Å². The maximum Gasteiger partial charge on any atom is 0.308 e. The van der Waals surface area contributed by atoms with Crippen LogP contribution in [0.25, 0.3) is 0 Å². The second-order valence-electron chi connectivity index (χ2n) is 4.56. The number of benzene rings is 1. The Morgan fingerprint density at radius 3 is 2.41 bits per heavy atom. The molecule has 0 aliphatic carbocycles. The van der Waals surface area contributed by atoms with Crippen LogP contribution in [0.3, 0.4) is 0 Å². The van der Waals surface area contributed by atoms with E-state index in [1.807, 2.05) is 44.2 Å². The molecule has 3 heteroatoms. The van der Waals surface area contributed by atoms with Gasteiger partial charge in [-0.1, -0.05) is 44.2 Å². The Bertz CT molecular complexity index is 350. The average Bonchev–Trinajstić information content (AvgIpc) is 2.35. The van der Waals surface area contributed by atoms with E-state index < -0.39 is 11.9 Å². The van der Waals surface area contributed by atoms with Crippen LogP contribution in [0.2, 0.25) is 0 Å². The first-order valence-corrected chi connectivity index (χ1v) is 6.09. The molecule has 0 bridgehead atoms. The molecule has 1 rings (SSSR count). The van der Waals surface area contributed by atoms with E-state index in [1.54, 1.807) is 0 Å². The van der Waals surface area contributed by atoms with Gasteiger partial charge in [0.05, 0.1) is 5.92 Å². The monoisotopic (exact) mass is 235 g/mol. The SMILES string of the molecule is CCC(N)C(CC(C)c1ccccc1)C(=O)O. The lowest BCUT2D eigenvalue weighted by Gasteiger charge is -2.22. The van der Waals surface area contributed by atoms with Crippen molar-refractivity contribution in [3.63, 3.8) is 0 Å². The number of hydrogen-bond donors (Lipinski definition) is 2. The fraction of sp³-hybridized carbons (Fsp3) is 0.500. The van der Waals surface area contributed by atoms with Gasteiger partial charge in [0, 0.05) is 6.04 Å². The van der Waals surface area contributed by atoms with Gasteiger partial charge in [-0.2, -0.15) is 0 Å². The van der Waals surface area contributed by atoms with Crippen LogP contribution in [-0.4, -0.2) is 17.1 Å². The number of carbonyl (C=O) groups is 1. The summed E-state index contributed by atoms with van der Waals surface area (Å²) in [6.07, 6.45) is 1.28. The normalized spacial score (nSPS) is 16.2. The molecule has 0 saturated carbocycles. The van der Waals surface area contributed by atoms with Crippen molar-refractivity contribution in [3.8, 4) is 0 Å². The minimum absolute atomic E-state index is 0.217. The first-order chi connectivity index (χ1) is 8.06. The molecule has 3 N–H and O–H groups in total.